The summed E-state index contributed by atoms with van der Waals surface area (Å²) in [5, 5.41) is 2.00. The molecule has 1 aliphatic heterocycles. The van der Waals surface area contributed by atoms with Crippen molar-refractivity contribution in [2.75, 3.05) is 26.2 Å². The van der Waals surface area contributed by atoms with Crippen molar-refractivity contribution in [2.45, 2.75) is 37.0 Å². The van der Waals surface area contributed by atoms with Crippen LogP contribution in [0, 0.1) is 0 Å². The lowest BCUT2D eigenvalue weighted by Crippen LogP contribution is -2.30. The molecule has 0 aliphatic carbocycles. The molecule has 0 amide bonds. The Balaban J connectivity index is 1.54. The van der Waals surface area contributed by atoms with Gasteiger partial charge in [-0.1, -0.05) is 43.2 Å². The SMILES string of the molecule is O=S(=O)(NCCCN1CCCCCC1)c1ccc2ccccc2c1. The Kier molecular flexibility index (Phi) is 5.87. The number of hydrogen-bond donors (Lipinski definition) is 1. The Hall–Kier alpha value is -1.43. The Bertz CT molecular complexity index is 766. The van der Waals surface area contributed by atoms with Crippen LogP contribution in [0.25, 0.3) is 10.8 Å². The lowest BCUT2D eigenvalue weighted by atomic mass is 10.1. The predicted molar refractivity (Wildman–Crippen MR) is 98.7 cm³/mol. The van der Waals surface area contributed by atoms with E-state index < -0.39 is 10.0 Å². The van der Waals surface area contributed by atoms with E-state index in [1.54, 1.807) is 12.1 Å². The van der Waals surface area contributed by atoms with E-state index in [-0.39, 0.29) is 0 Å². The molecule has 24 heavy (non-hydrogen) atoms. The second-order valence-corrected chi connectivity index (χ2v) is 8.28. The van der Waals surface area contributed by atoms with Gasteiger partial charge in [0, 0.05) is 6.54 Å². The molecule has 1 aliphatic rings. The van der Waals surface area contributed by atoms with Gasteiger partial charge in [-0.25, -0.2) is 13.1 Å². The molecule has 1 N–H and O–H groups in total. The number of hydrogen-bond acceptors (Lipinski definition) is 3. The first-order valence-electron chi connectivity index (χ1n) is 8.86. The van der Waals surface area contributed by atoms with Gasteiger partial charge in [0.05, 0.1) is 4.90 Å². The first kappa shape index (κ1) is 17.4. The Morgan fingerprint density at radius 3 is 2.38 bits per heavy atom. The topological polar surface area (TPSA) is 49.4 Å². The highest BCUT2D eigenvalue weighted by molar-refractivity contribution is 7.89. The molecule has 5 heteroatoms. The van der Waals surface area contributed by atoms with Crippen LogP contribution in [0.5, 0.6) is 0 Å². The zero-order chi connectivity index (χ0) is 16.8. The highest BCUT2D eigenvalue weighted by atomic mass is 32.2. The standard InChI is InChI=1S/C19H26N2O2S/c22-24(23,19-11-10-17-8-3-4-9-18(17)16-19)20-12-7-15-21-13-5-1-2-6-14-21/h3-4,8-11,16,20H,1-2,5-7,12-15H2. The van der Waals surface area contributed by atoms with Crippen molar-refractivity contribution < 1.29 is 8.42 Å². The van der Waals surface area contributed by atoms with Crippen LogP contribution in [0.3, 0.4) is 0 Å². The summed E-state index contributed by atoms with van der Waals surface area (Å²) in [6.07, 6.45) is 6.04. The van der Waals surface area contributed by atoms with Crippen LogP contribution in [0.2, 0.25) is 0 Å². The molecule has 0 aromatic heterocycles. The summed E-state index contributed by atoms with van der Waals surface area (Å²) in [6, 6.07) is 13.1. The fraction of sp³-hybridized carbons (Fsp3) is 0.474. The maximum atomic E-state index is 12.5. The predicted octanol–water partition coefficient (Wildman–Crippen LogP) is 3.38. The smallest absolute Gasteiger partial charge is 0.240 e. The molecule has 2 aromatic rings. The third kappa shape index (κ3) is 4.56. The van der Waals surface area contributed by atoms with Gasteiger partial charge in [0.15, 0.2) is 0 Å². The number of likely N-dealkylation sites (tertiary alicyclic amines) is 1. The summed E-state index contributed by atoms with van der Waals surface area (Å²) in [5.74, 6) is 0. The number of fused-ring (bicyclic) bond motifs is 1. The van der Waals surface area contributed by atoms with Crippen molar-refractivity contribution >= 4 is 20.8 Å². The minimum atomic E-state index is -3.43. The molecule has 0 radical (unpaired) electrons. The van der Waals surface area contributed by atoms with Gasteiger partial charge in [0.2, 0.25) is 10.0 Å². The molecule has 130 valence electrons. The van der Waals surface area contributed by atoms with E-state index in [1.165, 1.54) is 25.7 Å². The van der Waals surface area contributed by atoms with Crippen LogP contribution < -0.4 is 4.72 Å². The van der Waals surface area contributed by atoms with Gasteiger partial charge in [0.1, 0.15) is 0 Å². The Labute approximate surface area is 144 Å². The monoisotopic (exact) mass is 346 g/mol. The second-order valence-electron chi connectivity index (χ2n) is 6.52. The summed E-state index contributed by atoms with van der Waals surface area (Å²) >= 11 is 0. The first-order chi connectivity index (χ1) is 11.6. The van der Waals surface area contributed by atoms with E-state index in [0.717, 1.165) is 36.8 Å². The molecule has 0 atom stereocenters. The van der Waals surface area contributed by atoms with E-state index in [1.807, 2.05) is 30.3 Å². The number of rotatable bonds is 6. The highest BCUT2D eigenvalue weighted by Crippen LogP contribution is 2.18. The van der Waals surface area contributed by atoms with Crippen molar-refractivity contribution in [1.82, 2.24) is 9.62 Å². The minimum absolute atomic E-state index is 0.343. The van der Waals surface area contributed by atoms with E-state index in [9.17, 15) is 8.42 Å². The Morgan fingerprint density at radius 1 is 0.917 bits per heavy atom. The van der Waals surface area contributed by atoms with Gasteiger partial charge in [-0.2, -0.15) is 0 Å². The zero-order valence-electron chi connectivity index (χ0n) is 14.1. The summed E-state index contributed by atoms with van der Waals surface area (Å²) in [7, 11) is -3.43. The molecular formula is C19H26N2O2S. The third-order valence-corrected chi connectivity index (χ3v) is 6.13. The van der Waals surface area contributed by atoms with Crippen LogP contribution in [-0.4, -0.2) is 39.5 Å². The first-order valence-corrected chi connectivity index (χ1v) is 10.3. The van der Waals surface area contributed by atoms with Crippen LogP contribution in [0.1, 0.15) is 32.1 Å². The van der Waals surface area contributed by atoms with Gasteiger partial charge < -0.3 is 4.90 Å². The molecule has 2 aromatic carbocycles. The molecule has 3 rings (SSSR count). The van der Waals surface area contributed by atoms with E-state index in [0.29, 0.717) is 11.4 Å². The van der Waals surface area contributed by atoms with Crippen molar-refractivity contribution in [3.05, 3.63) is 42.5 Å². The molecule has 4 nitrogen and oxygen atoms in total. The molecule has 1 heterocycles. The van der Waals surface area contributed by atoms with E-state index >= 15 is 0 Å². The van der Waals surface area contributed by atoms with Crippen molar-refractivity contribution in [3.8, 4) is 0 Å². The maximum absolute atomic E-state index is 12.5. The zero-order valence-corrected chi connectivity index (χ0v) is 14.9. The molecular weight excluding hydrogens is 320 g/mol. The third-order valence-electron chi connectivity index (χ3n) is 4.67. The Morgan fingerprint density at radius 2 is 1.62 bits per heavy atom. The maximum Gasteiger partial charge on any atom is 0.240 e. The van der Waals surface area contributed by atoms with Crippen LogP contribution in [-0.2, 0) is 10.0 Å². The van der Waals surface area contributed by atoms with E-state index in [4.69, 9.17) is 0 Å². The summed E-state index contributed by atoms with van der Waals surface area (Å²) in [6.45, 7) is 3.76. The molecule has 1 saturated heterocycles. The van der Waals surface area contributed by atoms with E-state index in [2.05, 4.69) is 9.62 Å². The highest BCUT2D eigenvalue weighted by Gasteiger charge is 2.14. The quantitative estimate of drug-likeness (QED) is 0.816. The molecule has 1 fully saturated rings. The van der Waals surface area contributed by atoms with Crippen LogP contribution in [0.15, 0.2) is 47.4 Å². The van der Waals surface area contributed by atoms with Gasteiger partial charge in [-0.05, 0) is 61.8 Å². The van der Waals surface area contributed by atoms with Gasteiger partial charge in [0.25, 0.3) is 0 Å². The largest absolute Gasteiger partial charge is 0.303 e. The fourth-order valence-corrected chi connectivity index (χ4v) is 4.40. The lowest BCUT2D eigenvalue weighted by Gasteiger charge is -2.19. The van der Waals surface area contributed by atoms with Crippen molar-refractivity contribution in [2.24, 2.45) is 0 Å². The van der Waals surface area contributed by atoms with Crippen LogP contribution in [0.4, 0.5) is 0 Å². The fourth-order valence-electron chi connectivity index (χ4n) is 3.29. The number of sulfonamides is 1. The van der Waals surface area contributed by atoms with Crippen molar-refractivity contribution in [3.63, 3.8) is 0 Å². The number of benzene rings is 2. The van der Waals surface area contributed by atoms with Gasteiger partial charge in [-0.3, -0.25) is 0 Å². The summed E-state index contributed by atoms with van der Waals surface area (Å²) in [4.78, 5) is 2.80. The average Bonchev–Trinajstić information content (AvgIpc) is 2.87. The normalized spacial score (nSPS) is 17.0. The van der Waals surface area contributed by atoms with Crippen LogP contribution >= 0.6 is 0 Å². The second kappa shape index (κ2) is 8.10. The lowest BCUT2D eigenvalue weighted by molar-refractivity contribution is 0.282. The summed E-state index contributed by atoms with van der Waals surface area (Å²) in [5.41, 5.74) is 0. The van der Waals surface area contributed by atoms with Gasteiger partial charge in [-0.15, -0.1) is 0 Å². The minimum Gasteiger partial charge on any atom is -0.303 e. The number of nitrogens with one attached hydrogen (secondary N) is 1. The molecule has 0 bridgehead atoms. The molecule has 0 saturated carbocycles. The van der Waals surface area contributed by atoms with Crippen molar-refractivity contribution in [1.29, 1.82) is 0 Å². The number of nitrogens with zero attached hydrogens (tertiary/aromatic N) is 1. The average molecular weight is 346 g/mol. The summed E-state index contributed by atoms with van der Waals surface area (Å²) < 4.78 is 27.7. The molecule has 0 spiro atoms. The molecule has 0 unspecified atom stereocenters. The van der Waals surface area contributed by atoms with Gasteiger partial charge >= 0.3 is 0 Å².